The highest BCUT2D eigenvalue weighted by atomic mass is 35.5. The Kier molecular flexibility index (Phi) is 6.48. The summed E-state index contributed by atoms with van der Waals surface area (Å²) >= 11 is 5.72. The van der Waals surface area contributed by atoms with Gasteiger partial charge in [0, 0.05) is 6.42 Å². The lowest BCUT2D eigenvalue weighted by Gasteiger charge is -2.16. The van der Waals surface area contributed by atoms with Crippen molar-refractivity contribution in [2.45, 2.75) is 25.9 Å². The standard InChI is InChI=1S/C13H17ClO3/c1-2-6-13(15)17-12(9-14)10-16-11-7-4-3-5-8-11/h3-5,7-8,12H,2,6,9-10H2,1H3/t12-/m0/s1. The third-order valence-electron chi connectivity index (χ3n) is 2.10. The van der Waals surface area contributed by atoms with Gasteiger partial charge in [-0.25, -0.2) is 0 Å². The van der Waals surface area contributed by atoms with Gasteiger partial charge in [-0.05, 0) is 18.6 Å². The summed E-state index contributed by atoms with van der Waals surface area (Å²) in [5, 5.41) is 0. The van der Waals surface area contributed by atoms with E-state index in [1.165, 1.54) is 0 Å². The lowest BCUT2D eigenvalue weighted by Crippen LogP contribution is -2.26. The Balaban J connectivity index is 2.34. The van der Waals surface area contributed by atoms with Crippen molar-refractivity contribution in [2.24, 2.45) is 0 Å². The van der Waals surface area contributed by atoms with Crippen LogP contribution >= 0.6 is 11.6 Å². The first-order valence-corrected chi connectivity index (χ1v) is 6.23. The number of ether oxygens (including phenoxy) is 2. The largest absolute Gasteiger partial charge is 0.490 e. The lowest BCUT2D eigenvalue weighted by atomic mass is 10.3. The van der Waals surface area contributed by atoms with Crippen molar-refractivity contribution >= 4 is 17.6 Å². The van der Waals surface area contributed by atoms with E-state index in [9.17, 15) is 4.79 Å². The second-order valence-electron chi connectivity index (χ2n) is 3.64. The van der Waals surface area contributed by atoms with Gasteiger partial charge in [-0.3, -0.25) is 4.79 Å². The Morgan fingerprint density at radius 2 is 2.06 bits per heavy atom. The summed E-state index contributed by atoms with van der Waals surface area (Å²) in [6.07, 6.45) is 0.794. The number of carbonyl (C=O) groups excluding carboxylic acids is 1. The molecule has 1 atom stereocenters. The van der Waals surface area contributed by atoms with Gasteiger partial charge in [-0.1, -0.05) is 25.1 Å². The number of halogens is 1. The average Bonchev–Trinajstić information content (AvgIpc) is 2.36. The molecule has 0 heterocycles. The van der Waals surface area contributed by atoms with Crippen LogP contribution in [0.1, 0.15) is 19.8 Å². The van der Waals surface area contributed by atoms with Crippen LogP contribution in [0.5, 0.6) is 5.75 Å². The number of rotatable bonds is 7. The van der Waals surface area contributed by atoms with Gasteiger partial charge >= 0.3 is 5.97 Å². The van der Waals surface area contributed by atoms with Crippen molar-refractivity contribution < 1.29 is 14.3 Å². The molecule has 0 radical (unpaired) electrons. The summed E-state index contributed by atoms with van der Waals surface area (Å²) in [4.78, 5) is 11.3. The smallest absolute Gasteiger partial charge is 0.306 e. The molecule has 3 nitrogen and oxygen atoms in total. The quantitative estimate of drug-likeness (QED) is 0.556. The van der Waals surface area contributed by atoms with E-state index < -0.39 is 6.10 Å². The maximum atomic E-state index is 11.3. The summed E-state index contributed by atoms with van der Waals surface area (Å²) in [7, 11) is 0. The zero-order valence-electron chi connectivity index (χ0n) is 9.90. The summed E-state index contributed by atoms with van der Waals surface area (Å²) in [5.74, 6) is 0.756. The third-order valence-corrected chi connectivity index (χ3v) is 2.45. The minimum absolute atomic E-state index is 0.227. The van der Waals surface area contributed by atoms with Gasteiger partial charge in [0.15, 0.2) is 0 Å². The molecule has 1 rings (SSSR count). The number of para-hydroxylation sites is 1. The summed E-state index contributed by atoms with van der Waals surface area (Å²) in [5.41, 5.74) is 0. The molecule has 1 aromatic carbocycles. The number of hydrogen-bond donors (Lipinski definition) is 0. The highest BCUT2D eigenvalue weighted by Gasteiger charge is 2.13. The van der Waals surface area contributed by atoms with Gasteiger partial charge in [-0.15, -0.1) is 11.6 Å². The van der Waals surface area contributed by atoms with E-state index in [1.54, 1.807) is 0 Å². The number of benzene rings is 1. The summed E-state index contributed by atoms with van der Waals surface area (Å²) in [6.45, 7) is 2.21. The Hall–Kier alpha value is -1.22. The van der Waals surface area contributed by atoms with Crippen LogP contribution in [0.3, 0.4) is 0 Å². The van der Waals surface area contributed by atoms with E-state index in [0.717, 1.165) is 12.2 Å². The van der Waals surface area contributed by atoms with Crippen LogP contribution in [0.4, 0.5) is 0 Å². The average molecular weight is 257 g/mol. The second-order valence-corrected chi connectivity index (χ2v) is 3.95. The number of esters is 1. The zero-order chi connectivity index (χ0) is 12.5. The molecule has 0 fully saturated rings. The Bertz CT molecular complexity index is 327. The Labute approximate surface area is 107 Å². The highest BCUT2D eigenvalue weighted by molar-refractivity contribution is 6.18. The van der Waals surface area contributed by atoms with Crippen LogP contribution in [-0.2, 0) is 9.53 Å². The molecular weight excluding hydrogens is 240 g/mol. The van der Waals surface area contributed by atoms with Gasteiger partial charge in [0.1, 0.15) is 18.5 Å². The van der Waals surface area contributed by atoms with E-state index >= 15 is 0 Å². The molecule has 0 aliphatic rings. The van der Waals surface area contributed by atoms with E-state index in [0.29, 0.717) is 6.42 Å². The van der Waals surface area contributed by atoms with Gasteiger partial charge in [-0.2, -0.15) is 0 Å². The second kappa shape index (κ2) is 7.96. The van der Waals surface area contributed by atoms with Crippen molar-refractivity contribution in [3.8, 4) is 5.75 Å². The minimum Gasteiger partial charge on any atom is -0.490 e. The van der Waals surface area contributed by atoms with Crippen molar-refractivity contribution in [1.82, 2.24) is 0 Å². The first kappa shape index (κ1) is 13.8. The summed E-state index contributed by atoms with van der Waals surface area (Å²) < 4.78 is 10.6. The van der Waals surface area contributed by atoms with Crippen LogP contribution in [0.25, 0.3) is 0 Å². The van der Waals surface area contributed by atoms with Crippen molar-refractivity contribution in [3.63, 3.8) is 0 Å². The molecule has 0 aromatic heterocycles. The molecule has 0 spiro atoms. The number of alkyl halides is 1. The molecule has 17 heavy (non-hydrogen) atoms. The van der Waals surface area contributed by atoms with Crippen LogP contribution < -0.4 is 4.74 Å². The van der Waals surface area contributed by atoms with Gasteiger partial charge in [0.2, 0.25) is 0 Å². The number of hydrogen-bond acceptors (Lipinski definition) is 3. The van der Waals surface area contributed by atoms with E-state index in [-0.39, 0.29) is 18.5 Å². The number of carbonyl (C=O) groups is 1. The lowest BCUT2D eigenvalue weighted by molar-refractivity contribution is -0.149. The molecule has 0 amide bonds. The molecule has 1 aromatic rings. The maximum Gasteiger partial charge on any atom is 0.306 e. The fourth-order valence-corrected chi connectivity index (χ4v) is 1.42. The monoisotopic (exact) mass is 256 g/mol. The molecule has 94 valence electrons. The molecule has 0 saturated heterocycles. The van der Waals surface area contributed by atoms with E-state index in [4.69, 9.17) is 21.1 Å². The van der Waals surface area contributed by atoms with Crippen molar-refractivity contribution in [2.75, 3.05) is 12.5 Å². The molecule has 0 unspecified atom stereocenters. The van der Waals surface area contributed by atoms with Gasteiger partial charge in [0.25, 0.3) is 0 Å². The van der Waals surface area contributed by atoms with Crippen LogP contribution in [-0.4, -0.2) is 24.6 Å². The zero-order valence-corrected chi connectivity index (χ0v) is 10.7. The van der Waals surface area contributed by atoms with E-state index in [2.05, 4.69) is 0 Å². The maximum absolute atomic E-state index is 11.3. The summed E-state index contributed by atoms with van der Waals surface area (Å²) in [6, 6.07) is 9.37. The van der Waals surface area contributed by atoms with Crippen LogP contribution in [0.2, 0.25) is 0 Å². The topological polar surface area (TPSA) is 35.5 Å². The fraction of sp³-hybridized carbons (Fsp3) is 0.462. The van der Waals surface area contributed by atoms with Crippen molar-refractivity contribution in [1.29, 1.82) is 0 Å². The van der Waals surface area contributed by atoms with E-state index in [1.807, 2.05) is 37.3 Å². The molecule has 0 saturated carbocycles. The molecular formula is C13H17ClO3. The van der Waals surface area contributed by atoms with Gasteiger partial charge in [0.05, 0.1) is 5.88 Å². The first-order chi connectivity index (χ1) is 8.26. The predicted octanol–water partition coefficient (Wildman–Crippen LogP) is 3.02. The minimum atomic E-state index is -0.393. The fourth-order valence-electron chi connectivity index (χ4n) is 1.26. The molecule has 0 N–H and O–H groups in total. The van der Waals surface area contributed by atoms with Crippen molar-refractivity contribution in [3.05, 3.63) is 30.3 Å². The van der Waals surface area contributed by atoms with Gasteiger partial charge < -0.3 is 9.47 Å². The predicted molar refractivity (Wildman–Crippen MR) is 67.4 cm³/mol. The Morgan fingerprint density at radius 1 is 1.35 bits per heavy atom. The van der Waals surface area contributed by atoms with Crippen LogP contribution in [0, 0.1) is 0 Å². The third kappa shape index (κ3) is 5.59. The molecule has 0 aliphatic carbocycles. The molecule has 0 aliphatic heterocycles. The molecule has 0 bridgehead atoms. The highest BCUT2D eigenvalue weighted by Crippen LogP contribution is 2.10. The SMILES string of the molecule is CCCC(=O)O[C@@H](CCl)COc1ccccc1. The Morgan fingerprint density at radius 3 is 2.65 bits per heavy atom. The van der Waals surface area contributed by atoms with Crippen LogP contribution in [0.15, 0.2) is 30.3 Å². The normalized spacial score (nSPS) is 11.9. The molecule has 4 heteroatoms. The first-order valence-electron chi connectivity index (χ1n) is 5.69.